The molecule has 0 spiro atoms. The minimum absolute atomic E-state index is 0.00353. The van der Waals surface area contributed by atoms with Gasteiger partial charge in [-0.2, -0.15) is 5.26 Å². The molecule has 122 valence electrons. The number of allylic oxidation sites excluding steroid dienone is 2. The first kappa shape index (κ1) is 16.1. The summed E-state index contributed by atoms with van der Waals surface area (Å²) >= 11 is 0. The maximum atomic E-state index is 12.7. The lowest BCUT2D eigenvalue weighted by Crippen LogP contribution is -2.57. The number of hydrogen-bond acceptors (Lipinski definition) is 4. The summed E-state index contributed by atoms with van der Waals surface area (Å²) in [5.74, 6) is -0.532. The van der Waals surface area contributed by atoms with Crippen molar-refractivity contribution in [2.75, 3.05) is 0 Å². The van der Waals surface area contributed by atoms with Crippen LogP contribution in [0.4, 0.5) is 0 Å². The molecule has 0 heterocycles. The maximum Gasteiger partial charge on any atom is 0.155 e. The second-order valence-electron chi connectivity index (χ2n) is 8.28. The van der Waals surface area contributed by atoms with Crippen molar-refractivity contribution in [2.24, 2.45) is 28.1 Å². The van der Waals surface area contributed by atoms with Crippen LogP contribution < -0.4 is 0 Å². The Labute approximate surface area is 136 Å². The Morgan fingerprint density at radius 3 is 2.57 bits per heavy atom. The molecule has 0 bridgehead atoms. The normalized spacial score (nSPS) is 42.1. The average molecular weight is 313 g/mol. The smallest absolute Gasteiger partial charge is 0.155 e. The highest BCUT2D eigenvalue weighted by Gasteiger charge is 2.62. The average Bonchev–Trinajstić information content (AvgIpc) is 2.52. The first-order chi connectivity index (χ1) is 10.7. The number of nitrogens with zero attached hydrogens (tertiary/aromatic N) is 1. The van der Waals surface area contributed by atoms with Gasteiger partial charge in [-0.15, -0.1) is 0 Å². The van der Waals surface area contributed by atoms with Crippen molar-refractivity contribution in [2.45, 2.75) is 52.9 Å². The van der Waals surface area contributed by atoms with Gasteiger partial charge in [0.2, 0.25) is 0 Å². The summed E-state index contributed by atoms with van der Waals surface area (Å²) in [6.07, 6.45) is 5.55. The Morgan fingerprint density at radius 1 is 1.26 bits per heavy atom. The van der Waals surface area contributed by atoms with Gasteiger partial charge >= 0.3 is 0 Å². The predicted octanol–water partition coefficient (Wildman–Crippen LogP) is 3.02. The quantitative estimate of drug-likeness (QED) is 0.697. The van der Waals surface area contributed by atoms with E-state index in [0.717, 1.165) is 18.3 Å². The van der Waals surface area contributed by atoms with Crippen LogP contribution in [0.3, 0.4) is 0 Å². The largest absolute Gasteiger partial charge is 0.302 e. The molecule has 0 aromatic carbocycles. The third-order valence-corrected chi connectivity index (χ3v) is 6.76. The summed E-state index contributed by atoms with van der Waals surface area (Å²) in [6.45, 7) is 5.89. The third kappa shape index (κ3) is 1.99. The van der Waals surface area contributed by atoms with Crippen LogP contribution in [0.1, 0.15) is 52.9 Å². The van der Waals surface area contributed by atoms with E-state index < -0.39 is 22.2 Å². The summed E-state index contributed by atoms with van der Waals surface area (Å²) in [4.78, 5) is 36.6. The first-order valence-electron chi connectivity index (χ1n) is 8.37. The molecule has 4 nitrogen and oxygen atoms in total. The molecule has 3 aliphatic carbocycles. The standard InChI is InChI=1S/C19H23NO3/c1-17(2)14-5-7-19(11-21)6-4-13(22)8-15(19)18(14,3)9-12(10-20)16(17)23/h8,11-12,14H,4-7,9H2,1-3H3/t12?,14-,18-,19+/m0/s1. The van der Waals surface area contributed by atoms with E-state index in [9.17, 15) is 19.6 Å². The van der Waals surface area contributed by atoms with Crippen molar-refractivity contribution in [3.8, 4) is 6.07 Å². The SMILES string of the molecule is CC1(C)C(=O)C(C#N)C[C@]2(C)C3=CC(=O)CC[C@]3(C=O)CC[C@@H]12. The third-order valence-electron chi connectivity index (χ3n) is 6.76. The molecule has 0 aromatic heterocycles. The van der Waals surface area contributed by atoms with Crippen LogP contribution >= 0.6 is 0 Å². The van der Waals surface area contributed by atoms with Crippen molar-refractivity contribution < 1.29 is 14.4 Å². The van der Waals surface area contributed by atoms with Crippen molar-refractivity contribution in [1.29, 1.82) is 5.26 Å². The van der Waals surface area contributed by atoms with E-state index in [-0.39, 0.29) is 17.5 Å². The van der Waals surface area contributed by atoms with Gasteiger partial charge in [0.15, 0.2) is 11.6 Å². The molecule has 2 saturated carbocycles. The molecule has 0 saturated heterocycles. The van der Waals surface area contributed by atoms with Gasteiger partial charge in [0.25, 0.3) is 0 Å². The van der Waals surface area contributed by atoms with Gasteiger partial charge in [0.1, 0.15) is 12.2 Å². The fourth-order valence-electron chi connectivity index (χ4n) is 5.59. The molecule has 0 radical (unpaired) electrons. The Balaban J connectivity index is 2.18. The van der Waals surface area contributed by atoms with Gasteiger partial charge in [0.05, 0.1) is 6.07 Å². The van der Waals surface area contributed by atoms with Gasteiger partial charge in [0, 0.05) is 17.3 Å². The number of aldehydes is 1. The summed E-state index contributed by atoms with van der Waals surface area (Å²) < 4.78 is 0. The van der Waals surface area contributed by atoms with E-state index >= 15 is 0 Å². The van der Waals surface area contributed by atoms with E-state index in [1.54, 1.807) is 6.08 Å². The van der Waals surface area contributed by atoms with E-state index in [1.165, 1.54) is 0 Å². The van der Waals surface area contributed by atoms with Gasteiger partial charge < -0.3 is 4.79 Å². The zero-order chi connectivity index (χ0) is 17.0. The number of nitriles is 1. The first-order valence-corrected chi connectivity index (χ1v) is 8.37. The Hall–Kier alpha value is -1.76. The van der Waals surface area contributed by atoms with Crippen molar-refractivity contribution in [3.05, 3.63) is 11.6 Å². The Morgan fingerprint density at radius 2 is 1.96 bits per heavy atom. The minimum atomic E-state index is -0.661. The molecule has 0 N–H and O–H groups in total. The number of carbonyl (C=O) groups excluding carboxylic acids is 3. The number of fused-ring (bicyclic) bond motifs is 3. The van der Waals surface area contributed by atoms with Gasteiger partial charge in [-0.3, -0.25) is 9.59 Å². The lowest BCUT2D eigenvalue weighted by molar-refractivity contribution is -0.147. The summed E-state index contributed by atoms with van der Waals surface area (Å²) in [6, 6.07) is 2.15. The van der Waals surface area contributed by atoms with Crippen LogP contribution in [0, 0.1) is 39.4 Å². The molecule has 23 heavy (non-hydrogen) atoms. The minimum Gasteiger partial charge on any atom is -0.302 e. The molecule has 4 atom stereocenters. The molecular weight excluding hydrogens is 290 g/mol. The molecule has 2 fully saturated rings. The molecule has 0 aliphatic heterocycles. The maximum absolute atomic E-state index is 12.7. The zero-order valence-electron chi connectivity index (χ0n) is 14.0. The van der Waals surface area contributed by atoms with Crippen LogP contribution in [0.2, 0.25) is 0 Å². The van der Waals surface area contributed by atoms with Crippen molar-refractivity contribution >= 4 is 17.9 Å². The van der Waals surface area contributed by atoms with Gasteiger partial charge in [-0.1, -0.05) is 20.8 Å². The van der Waals surface area contributed by atoms with Crippen LogP contribution in [0.15, 0.2) is 11.6 Å². The fourth-order valence-corrected chi connectivity index (χ4v) is 5.59. The van der Waals surface area contributed by atoms with Crippen molar-refractivity contribution in [3.63, 3.8) is 0 Å². The molecule has 1 unspecified atom stereocenters. The zero-order valence-corrected chi connectivity index (χ0v) is 14.0. The second-order valence-corrected chi connectivity index (χ2v) is 8.28. The highest BCUT2D eigenvalue weighted by molar-refractivity contribution is 5.95. The lowest BCUT2D eigenvalue weighted by Gasteiger charge is -2.59. The molecule has 3 rings (SSSR count). The monoisotopic (exact) mass is 313 g/mol. The van der Waals surface area contributed by atoms with E-state index in [1.807, 2.05) is 13.8 Å². The molecule has 0 amide bonds. The predicted molar refractivity (Wildman–Crippen MR) is 84.2 cm³/mol. The number of carbonyl (C=O) groups is 3. The van der Waals surface area contributed by atoms with Crippen LogP contribution in [0.25, 0.3) is 0 Å². The fraction of sp³-hybridized carbons (Fsp3) is 0.684. The number of ketones is 2. The highest BCUT2D eigenvalue weighted by atomic mass is 16.1. The van der Waals surface area contributed by atoms with Crippen LogP contribution in [-0.4, -0.2) is 17.9 Å². The Kier molecular flexibility index (Phi) is 3.41. The summed E-state index contributed by atoms with van der Waals surface area (Å²) in [5, 5.41) is 9.44. The number of rotatable bonds is 1. The number of Topliss-reactive ketones (excluding diaryl/α,β-unsaturated/α-hetero) is 1. The molecule has 4 heteroatoms. The highest BCUT2D eigenvalue weighted by Crippen LogP contribution is 2.65. The molecule has 0 aromatic rings. The Bertz CT molecular complexity index is 669. The van der Waals surface area contributed by atoms with Crippen LogP contribution in [0.5, 0.6) is 0 Å². The van der Waals surface area contributed by atoms with E-state index in [4.69, 9.17) is 0 Å². The summed E-state index contributed by atoms with van der Waals surface area (Å²) in [7, 11) is 0. The lowest BCUT2D eigenvalue weighted by atomic mass is 9.42. The van der Waals surface area contributed by atoms with E-state index in [0.29, 0.717) is 25.7 Å². The van der Waals surface area contributed by atoms with Gasteiger partial charge in [-0.25, -0.2) is 0 Å². The topological polar surface area (TPSA) is 75.0 Å². The van der Waals surface area contributed by atoms with Crippen LogP contribution in [-0.2, 0) is 14.4 Å². The molecular formula is C19H23NO3. The summed E-state index contributed by atoms with van der Waals surface area (Å²) in [5.41, 5.74) is -0.736. The van der Waals surface area contributed by atoms with Gasteiger partial charge in [-0.05, 0) is 48.7 Å². The van der Waals surface area contributed by atoms with Crippen molar-refractivity contribution in [1.82, 2.24) is 0 Å². The second kappa shape index (κ2) is 4.87. The van der Waals surface area contributed by atoms with E-state index in [2.05, 4.69) is 13.0 Å². The number of hydrogen-bond donors (Lipinski definition) is 0. The molecule has 3 aliphatic rings.